The zero-order valence-electron chi connectivity index (χ0n) is 15.0. The van der Waals surface area contributed by atoms with Crippen LogP contribution in [-0.2, 0) is 20.8 Å². The van der Waals surface area contributed by atoms with Crippen molar-refractivity contribution >= 4 is 17.7 Å². The molecule has 2 fully saturated rings. The number of rotatable bonds is 6. The zero-order valence-corrected chi connectivity index (χ0v) is 15.0. The Kier molecular flexibility index (Phi) is 5.88. The van der Waals surface area contributed by atoms with Crippen LogP contribution in [0.1, 0.15) is 18.4 Å². The van der Waals surface area contributed by atoms with Crippen molar-refractivity contribution in [2.75, 3.05) is 39.3 Å². The summed E-state index contributed by atoms with van der Waals surface area (Å²) in [6.07, 6.45) is 2.16. The number of hydrogen-bond donors (Lipinski definition) is 1. The summed E-state index contributed by atoms with van der Waals surface area (Å²) in [4.78, 5) is 41.5. The summed E-state index contributed by atoms with van der Waals surface area (Å²) in [6, 6.07) is 9.61. The van der Waals surface area contributed by atoms with Crippen LogP contribution in [0.2, 0.25) is 0 Å². The maximum Gasteiger partial charge on any atom is 0.242 e. The monoisotopic (exact) mass is 358 g/mol. The Morgan fingerprint density at radius 3 is 2.54 bits per heavy atom. The average Bonchev–Trinajstić information content (AvgIpc) is 3.05. The van der Waals surface area contributed by atoms with E-state index >= 15 is 0 Å². The highest BCUT2D eigenvalue weighted by Gasteiger charge is 2.34. The van der Waals surface area contributed by atoms with Gasteiger partial charge in [0.05, 0.1) is 6.54 Å². The molecular weight excluding hydrogens is 332 g/mol. The number of benzene rings is 1. The zero-order chi connectivity index (χ0) is 18.5. The lowest BCUT2D eigenvalue weighted by Gasteiger charge is -2.40. The fraction of sp³-hybridized carbons (Fsp3) is 0.526. The van der Waals surface area contributed by atoms with Crippen molar-refractivity contribution in [1.82, 2.24) is 14.7 Å². The van der Waals surface area contributed by atoms with E-state index in [1.807, 2.05) is 18.2 Å². The van der Waals surface area contributed by atoms with E-state index in [-0.39, 0.29) is 18.4 Å². The Morgan fingerprint density at radius 2 is 1.88 bits per heavy atom. The van der Waals surface area contributed by atoms with Crippen LogP contribution in [-0.4, -0.2) is 77.7 Å². The first-order valence-corrected chi connectivity index (χ1v) is 9.17. The second-order valence-corrected chi connectivity index (χ2v) is 6.95. The molecule has 0 spiro atoms. The number of amides is 3. The molecule has 140 valence electrons. The minimum absolute atomic E-state index is 0.0336. The van der Waals surface area contributed by atoms with Crippen LogP contribution in [0.4, 0.5) is 0 Å². The number of hydrogen-bond acceptors (Lipinski definition) is 4. The Labute approximate surface area is 153 Å². The van der Waals surface area contributed by atoms with Crippen LogP contribution in [0.25, 0.3) is 0 Å². The fourth-order valence-corrected chi connectivity index (χ4v) is 3.64. The summed E-state index contributed by atoms with van der Waals surface area (Å²) < 4.78 is 0. The van der Waals surface area contributed by atoms with Gasteiger partial charge in [0, 0.05) is 39.1 Å². The van der Waals surface area contributed by atoms with Gasteiger partial charge in [-0.2, -0.15) is 0 Å². The number of piperazine rings is 1. The molecule has 2 N–H and O–H groups in total. The van der Waals surface area contributed by atoms with Gasteiger partial charge in [0.1, 0.15) is 6.04 Å². The van der Waals surface area contributed by atoms with Crippen molar-refractivity contribution in [3.63, 3.8) is 0 Å². The molecule has 1 atom stereocenters. The number of nitrogens with zero attached hydrogens (tertiary/aromatic N) is 3. The molecule has 2 heterocycles. The summed E-state index contributed by atoms with van der Waals surface area (Å²) in [5.41, 5.74) is 6.80. The molecule has 0 radical (unpaired) electrons. The van der Waals surface area contributed by atoms with Gasteiger partial charge in [0.25, 0.3) is 0 Å². The maximum absolute atomic E-state index is 12.5. The molecule has 0 saturated carbocycles. The molecule has 1 aromatic rings. The summed E-state index contributed by atoms with van der Waals surface area (Å²) >= 11 is 0. The predicted octanol–water partition coefficient (Wildman–Crippen LogP) is -0.150. The van der Waals surface area contributed by atoms with Crippen LogP contribution in [0.5, 0.6) is 0 Å². The molecule has 2 saturated heterocycles. The topological polar surface area (TPSA) is 87.0 Å². The first-order valence-electron chi connectivity index (χ1n) is 9.17. The second-order valence-electron chi connectivity index (χ2n) is 6.95. The summed E-state index contributed by atoms with van der Waals surface area (Å²) in [7, 11) is 0. The Hall–Kier alpha value is -2.41. The van der Waals surface area contributed by atoms with Crippen LogP contribution in [0, 0.1) is 0 Å². The first-order chi connectivity index (χ1) is 12.5. The van der Waals surface area contributed by atoms with Crippen molar-refractivity contribution in [2.45, 2.75) is 25.3 Å². The van der Waals surface area contributed by atoms with Crippen LogP contribution in [0.3, 0.4) is 0 Å². The van der Waals surface area contributed by atoms with Crippen molar-refractivity contribution in [1.29, 1.82) is 0 Å². The Balaban J connectivity index is 1.56. The second kappa shape index (κ2) is 8.31. The van der Waals surface area contributed by atoms with Gasteiger partial charge in [0.2, 0.25) is 17.7 Å². The van der Waals surface area contributed by atoms with Crippen LogP contribution < -0.4 is 5.73 Å². The van der Waals surface area contributed by atoms with Crippen molar-refractivity contribution in [2.24, 2.45) is 5.73 Å². The van der Waals surface area contributed by atoms with Gasteiger partial charge in [-0.1, -0.05) is 30.3 Å². The van der Waals surface area contributed by atoms with Crippen molar-refractivity contribution < 1.29 is 14.4 Å². The smallest absolute Gasteiger partial charge is 0.242 e. The van der Waals surface area contributed by atoms with Gasteiger partial charge in [-0.05, 0) is 18.4 Å². The molecule has 0 aromatic heterocycles. The molecule has 1 unspecified atom stereocenters. The first kappa shape index (κ1) is 18.4. The standard InChI is InChI=1S/C19H26N4O3/c20-19(26)16-13-23(18(25)14-22-9-4-7-17(22)24)12-11-21(16)10-8-15-5-2-1-3-6-15/h1-3,5-6,16H,4,7-14H2,(H2,20,26). The lowest BCUT2D eigenvalue weighted by atomic mass is 10.1. The molecule has 7 nitrogen and oxygen atoms in total. The maximum atomic E-state index is 12.5. The number of nitrogens with two attached hydrogens (primary N) is 1. The number of primary amides is 1. The predicted molar refractivity (Wildman–Crippen MR) is 97.1 cm³/mol. The Bertz CT molecular complexity index is 664. The molecule has 0 aliphatic carbocycles. The average molecular weight is 358 g/mol. The van der Waals surface area contributed by atoms with Gasteiger partial charge < -0.3 is 15.5 Å². The third-order valence-electron chi connectivity index (χ3n) is 5.20. The van der Waals surface area contributed by atoms with E-state index in [1.165, 1.54) is 5.56 Å². The number of carbonyl (C=O) groups excluding carboxylic acids is 3. The summed E-state index contributed by atoms with van der Waals surface area (Å²) in [5, 5.41) is 0. The normalized spacial score (nSPS) is 21.2. The molecule has 0 bridgehead atoms. The quantitative estimate of drug-likeness (QED) is 0.766. The minimum Gasteiger partial charge on any atom is -0.368 e. The highest BCUT2D eigenvalue weighted by Crippen LogP contribution is 2.14. The number of carbonyl (C=O) groups is 3. The van der Waals surface area contributed by atoms with E-state index in [4.69, 9.17) is 5.73 Å². The summed E-state index contributed by atoms with van der Waals surface area (Å²) in [6.45, 7) is 2.93. The van der Waals surface area contributed by atoms with Gasteiger partial charge >= 0.3 is 0 Å². The van der Waals surface area contributed by atoms with E-state index in [0.29, 0.717) is 32.6 Å². The molecule has 1 aromatic carbocycles. The highest BCUT2D eigenvalue weighted by atomic mass is 16.2. The third kappa shape index (κ3) is 4.40. The molecule has 3 rings (SSSR count). The van der Waals surface area contributed by atoms with Crippen molar-refractivity contribution in [3.05, 3.63) is 35.9 Å². The van der Waals surface area contributed by atoms with E-state index < -0.39 is 11.9 Å². The van der Waals surface area contributed by atoms with E-state index in [1.54, 1.807) is 9.80 Å². The minimum atomic E-state index is -0.481. The van der Waals surface area contributed by atoms with Gasteiger partial charge in [-0.15, -0.1) is 0 Å². The largest absolute Gasteiger partial charge is 0.368 e. The van der Waals surface area contributed by atoms with Crippen LogP contribution >= 0.6 is 0 Å². The third-order valence-corrected chi connectivity index (χ3v) is 5.20. The van der Waals surface area contributed by atoms with E-state index in [9.17, 15) is 14.4 Å². The molecule has 7 heteroatoms. The SMILES string of the molecule is NC(=O)C1CN(C(=O)CN2CCCC2=O)CCN1CCc1ccccc1. The van der Waals surface area contributed by atoms with Gasteiger partial charge in [-0.25, -0.2) is 0 Å². The molecular formula is C19H26N4O3. The lowest BCUT2D eigenvalue weighted by molar-refractivity contribution is -0.142. The van der Waals surface area contributed by atoms with E-state index in [0.717, 1.165) is 19.4 Å². The Morgan fingerprint density at radius 1 is 1.12 bits per heavy atom. The van der Waals surface area contributed by atoms with Crippen molar-refractivity contribution in [3.8, 4) is 0 Å². The fourth-order valence-electron chi connectivity index (χ4n) is 3.64. The van der Waals surface area contributed by atoms with E-state index in [2.05, 4.69) is 17.0 Å². The number of likely N-dealkylation sites (tertiary alicyclic amines) is 1. The highest BCUT2D eigenvalue weighted by molar-refractivity contribution is 5.87. The summed E-state index contributed by atoms with van der Waals surface area (Å²) in [5.74, 6) is -0.478. The molecule has 2 aliphatic heterocycles. The molecule has 2 aliphatic rings. The van der Waals surface area contributed by atoms with Crippen LogP contribution in [0.15, 0.2) is 30.3 Å². The molecule has 3 amide bonds. The lowest BCUT2D eigenvalue weighted by Crippen LogP contribution is -2.60. The van der Waals surface area contributed by atoms with Gasteiger partial charge in [0.15, 0.2) is 0 Å². The van der Waals surface area contributed by atoms with Gasteiger partial charge in [-0.3, -0.25) is 19.3 Å². The molecule has 26 heavy (non-hydrogen) atoms.